The van der Waals surface area contributed by atoms with Crippen LogP contribution >= 0.6 is 0 Å². The van der Waals surface area contributed by atoms with Crippen molar-refractivity contribution in [1.29, 1.82) is 0 Å². The number of benzene rings is 1. The van der Waals surface area contributed by atoms with Gasteiger partial charge in [-0.3, -0.25) is 14.6 Å². The van der Waals surface area contributed by atoms with E-state index >= 15 is 0 Å². The van der Waals surface area contributed by atoms with Crippen molar-refractivity contribution in [3.05, 3.63) is 63.5 Å². The second-order valence-corrected chi connectivity index (χ2v) is 6.93. The summed E-state index contributed by atoms with van der Waals surface area (Å²) in [6.45, 7) is 7.18. The molecule has 130 valence electrons. The first-order chi connectivity index (χ1) is 11.9. The summed E-state index contributed by atoms with van der Waals surface area (Å²) >= 11 is 0. The minimum Gasteiger partial charge on any atom is -0.345 e. The molecule has 3 rings (SSSR count). The molecule has 0 fully saturated rings. The summed E-state index contributed by atoms with van der Waals surface area (Å²) in [5.41, 5.74) is 6.04. The predicted molar refractivity (Wildman–Crippen MR) is 98.0 cm³/mol. The Hall–Kier alpha value is -2.49. The lowest BCUT2D eigenvalue weighted by Gasteiger charge is -2.27. The number of carbonyl (C=O) groups excluding carboxylic acids is 2. The van der Waals surface area contributed by atoms with E-state index in [-0.39, 0.29) is 17.7 Å². The van der Waals surface area contributed by atoms with Crippen LogP contribution in [0.5, 0.6) is 0 Å². The number of aromatic nitrogens is 1. The quantitative estimate of drug-likeness (QED) is 0.861. The second-order valence-electron chi connectivity index (χ2n) is 6.93. The van der Waals surface area contributed by atoms with Gasteiger partial charge in [0.25, 0.3) is 5.91 Å². The number of carbonyl (C=O) groups is 2. The predicted octanol–water partition coefficient (Wildman–Crippen LogP) is 4.02. The molecule has 1 aromatic heterocycles. The van der Waals surface area contributed by atoms with Gasteiger partial charge in [0.05, 0.1) is 17.3 Å². The Bertz CT molecular complexity index is 855. The summed E-state index contributed by atoms with van der Waals surface area (Å²) in [5, 5.41) is 3.15. The molecule has 0 saturated carbocycles. The highest BCUT2D eigenvalue weighted by Gasteiger charge is 2.24. The van der Waals surface area contributed by atoms with Gasteiger partial charge >= 0.3 is 0 Å². The number of amides is 1. The summed E-state index contributed by atoms with van der Waals surface area (Å²) in [6.07, 6.45) is 3.05. The van der Waals surface area contributed by atoms with E-state index in [0.29, 0.717) is 22.5 Å². The molecule has 1 N–H and O–H groups in total. The van der Waals surface area contributed by atoms with Crippen molar-refractivity contribution in [3.63, 3.8) is 0 Å². The topological polar surface area (TPSA) is 59.1 Å². The van der Waals surface area contributed by atoms with E-state index in [1.54, 1.807) is 13.0 Å². The van der Waals surface area contributed by atoms with Crippen LogP contribution in [0.4, 0.5) is 0 Å². The standard InChI is InChI=1S/C21H24N2O2/c1-12-8-9-16-6-5-7-20(19(16)10-12)23-21(25)18-11-17(15(4)24)13(2)22-14(18)3/h8-11,20H,5-7H2,1-4H3,(H,23,25)/t20-/m0/s1. The molecule has 0 saturated heterocycles. The molecule has 0 bridgehead atoms. The number of ketones is 1. The first-order valence-corrected chi connectivity index (χ1v) is 8.76. The molecule has 4 nitrogen and oxygen atoms in total. The van der Waals surface area contributed by atoms with E-state index in [4.69, 9.17) is 0 Å². The SMILES string of the molecule is CC(=O)c1cc(C(=O)N[C@H]2CCCc3ccc(C)cc32)c(C)nc1C. The second kappa shape index (κ2) is 6.79. The molecule has 2 aromatic rings. The zero-order valence-electron chi connectivity index (χ0n) is 15.3. The zero-order valence-corrected chi connectivity index (χ0v) is 15.3. The van der Waals surface area contributed by atoms with E-state index in [2.05, 4.69) is 35.4 Å². The van der Waals surface area contributed by atoms with Gasteiger partial charge in [0.1, 0.15) is 0 Å². The van der Waals surface area contributed by atoms with Gasteiger partial charge < -0.3 is 5.32 Å². The fourth-order valence-electron chi connectivity index (χ4n) is 3.62. The van der Waals surface area contributed by atoms with Crippen molar-refractivity contribution in [1.82, 2.24) is 10.3 Å². The average molecular weight is 336 g/mol. The van der Waals surface area contributed by atoms with E-state index in [0.717, 1.165) is 19.3 Å². The van der Waals surface area contributed by atoms with Gasteiger partial charge in [0, 0.05) is 11.3 Å². The molecule has 4 heteroatoms. The van der Waals surface area contributed by atoms with Gasteiger partial charge in [-0.05, 0) is 64.2 Å². The summed E-state index contributed by atoms with van der Waals surface area (Å²) in [5.74, 6) is -0.232. The third kappa shape index (κ3) is 3.48. The van der Waals surface area contributed by atoms with Gasteiger partial charge in [-0.2, -0.15) is 0 Å². The van der Waals surface area contributed by atoms with Crippen LogP contribution in [0.15, 0.2) is 24.3 Å². The maximum atomic E-state index is 12.9. The minimum atomic E-state index is -0.160. The number of hydrogen-bond donors (Lipinski definition) is 1. The van der Waals surface area contributed by atoms with Crippen LogP contribution < -0.4 is 5.32 Å². The highest BCUT2D eigenvalue weighted by molar-refractivity contribution is 6.00. The molecule has 1 aliphatic carbocycles. The molecule has 0 unspecified atom stereocenters. The minimum absolute atomic E-state index is 0.0117. The van der Waals surface area contributed by atoms with E-state index in [1.165, 1.54) is 23.6 Å². The Balaban J connectivity index is 1.91. The number of aryl methyl sites for hydroxylation is 4. The number of nitrogens with one attached hydrogen (secondary N) is 1. The molecule has 1 atom stereocenters. The number of fused-ring (bicyclic) bond motifs is 1. The summed E-state index contributed by atoms with van der Waals surface area (Å²) in [4.78, 5) is 29.0. The highest BCUT2D eigenvalue weighted by atomic mass is 16.1. The van der Waals surface area contributed by atoms with Crippen molar-refractivity contribution < 1.29 is 9.59 Å². The average Bonchev–Trinajstić information content (AvgIpc) is 2.55. The van der Waals surface area contributed by atoms with Crippen molar-refractivity contribution in [2.45, 2.75) is 53.0 Å². The molecule has 1 aliphatic rings. The molecule has 0 spiro atoms. The first kappa shape index (κ1) is 17.3. The molecular formula is C21H24N2O2. The number of Topliss-reactive ketones (excluding diaryl/α,β-unsaturated/α-hetero) is 1. The number of rotatable bonds is 3. The monoisotopic (exact) mass is 336 g/mol. The lowest BCUT2D eigenvalue weighted by Crippen LogP contribution is -2.32. The van der Waals surface area contributed by atoms with Crippen LogP contribution in [0, 0.1) is 20.8 Å². The zero-order chi connectivity index (χ0) is 18.1. The first-order valence-electron chi connectivity index (χ1n) is 8.76. The van der Waals surface area contributed by atoms with Crippen LogP contribution in [0.25, 0.3) is 0 Å². The van der Waals surface area contributed by atoms with Crippen LogP contribution in [0.3, 0.4) is 0 Å². The Labute approximate surface area is 148 Å². The third-order valence-corrected chi connectivity index (χ3v) is 4.95. The lowest BCUT2D eigenvalue weighted by molar-refractivity contribution is 0.0931. The van der Waals surface area contributed by atoms with Gasteiger partial charge in [0.15, 0.2) is 5.78 Å². The fourth-order valence-corrected chi connectivity index (χ4v) is 3.62. The van der Waals surface area contributed by atoms with Crippen LogP contribution in [-0.4, -0.2) is 16.7 Å². The molecule has 1 aromatic carbocycles. The third-order valence-electron chi connectivity index (χ3n) is 4.95. The Morgan fingerprint density at radius 3 is 2.52 bits per heavy atom. The van der Waals surface area contributed by atoms with Crippen LogP contribution in [0.1, 0.15) is 74.6 Å². The fraction of sp³-hybridized carbons (Fsp3) is 0.381. The maximum absolute atomic E-state index is 12.9. The number of hydrogen-bond acceptors (Lipinski definition) is 3. The Morgan fingerprint density at radius 1 is 1.08 bits per heavy atom. The van der Waals surface area contributed by atoms with Crippen LogP contribution in [0.2, 0.25) is 0 Å². The number of nitrogens with zero attached hydrogens (tertiary/aromatic N) is 1. The summed E-state index contributed by atoms with van der Waals surface area (Å²) in [6, 6.07) is 8.14. The molecular weight excluding hydrogens is 312 g/mol. The van der Waals surface area contributed by atoms with Gasteiger partial charge in [-0.1, -0.05) is 23.8 Å². The van der Waals surface area contributed by atoms with E-state index in [9.17, 15) is 9.59 Å². The Morgan fingerprint density at radius 2 is 1.80 bits per heavy atom. The Kier molecular flexibility index (Phi) is 4.71. The summed E-state index contributed by atoms with van der Waals surface area (Å²) in [7, 11) is 0. The van der Waals surface area contributed by atoms with Crippen molar-refractivity contribution >= 4 is 11.7 Å². The number of pyridine rings is 1. The van der Waals surface area contributed by atoms with Gasteiger partial charge in [-0.25, -0.2) is 0 Å². The molecule has 1 heterocycles. The van der Waals surface area contributed by atoms with Crippen LogP contribution in [-0.2, 0) is 6.42 Å². The van der Waals surface area contributed by atoms with E-state index < -0.39 is 0 Å². The van der Waals surface area contributed by atoms with Crippen molar-refractivity contribution in [3.8, 4) is 0 Å². The maximum Gasteiger partial charge on any atom is 0.253 e. The van der Waals surface area contributed by atoms with Crippen molar-refractivity contribution in [2.75, 3.05) is 0 Å². The highest BCUT2D eigenvalue weighted by Crippen LogP contribution is 2.31. The molecule has 0 aliphatic heterocycles. The largest absolute Gasteiger partial charge is 0.345 e. The normalized spacial score (nSPS) is 16.2. The van der Waals surface area contributed by atoms with Gasteiger partial charge in [0.2, 0.25) is 0 Å². The molecule has 0 radical (unpaired) electrons. The molecule has 1 amide bonds. The van der Waals surface area contributed by atoms with E-state index in [1.807, 2.05) is 6.92 Å². The smallest absolute Gasteiger partial charge is 0.253 e. The van der Waals surface area contributed by atoms with Crippen molar-refractivity contribution in [2.24, 2.45) is 0 Å². The molecule has 25 heavy (non-hydrogen) atoms. The lowest BCUT2D eigenvalue weighted by atomic mass is 9.86. The van der Waals surface area contributed by atoms with Gasteiger partial charge in [-0.15, -0.1) is 0 Å². The summed E-state index contributed by atoms with van der Waals surface area (Å²) < 4.78 is 0.